The average Bonchev–Trinajstić information content (AvgIpc) is 2.85. The number of methoxy groups -OCH3 is 1. The van der Waals surface area contributed by atoms with Crippen LogP contribution >= 0.6 is 19.4 Å². The van der Waals surface area contributed by atoms with Gasteiger partial charge in [0.15, 0.2) is 6.79 Å². The Morgan fingerprint density at radius 2 is 1.88 bits per heavy atom. The Bertz CT molecular complexity index is 905. The van der Waals surface area contributed by atoms with Crippen LogP contribution in [-0.2, 0) is 35.9 Å². The Morgan fingerprint density at radius 3 is 2.59 bits per heavy atom. The van der Waals surface area contributed by atoms with Gasteiger partial charge >= 0.3 is 7.82 Å². The number of benzene rings is 2. The zero-order chi connectivity index (χ0) is 24.8. The van der Waals surface area contributed by atoms with Crippen molar-refractivity contribution in [2.24, 2.45) is 0 Å². The SMILES string of the molecule is COc1cccc(CCc2ccccc2OC[C@H](CN(C)C)OCOP(=O)(OF)OCCCl)c1. The second-order valence-electron chi connectivity index (χ2n) is 7.61. The molecule has 0 bridgehead atoms. The first-order valence-electron chi connectivity index (χ1n) is 10.7. The van der Waals surface area contributed by atoms with E-state index in [9.17, 15) is 9.09 Å². The largest absolute Gasteiger partial charge is 0.508 e. The summed E-state index contributed by atoms with van der Waals surface area (Å²) in [7, 11) is 1.02. The second-order valence-corrected chi connectivity index (χ2v) is 9.53. The van der Waals surface area contributed by atoms with Crippen molar-refractivity contribution in [3.8, 4) is 11.5 Å². The average molecular weight is 520 g/mol. The molecule has 2 rings (SSSR count). The number of nitrogens with zero attached hydrogens (tertiary/aromatic N) is 1. The van der Waals surface area contributed by atoms with Crippen molar-refractivity contribution in [2.45, 2.75) is 18.9 Å². The van der Waals surface area contributed by atoms with Crippen LogP contribution in [0.2, 0.25) is 0 Å². The third kappa shape index (κ3) is 10.3. The first kappa shape index (κ1) is 28.5. The van der Waals surface area contributed by atoms with Crippen LogP contribution in [-0.4, -0.2) is 64.6 Å². The summed E-state index contributed by atoms with van der Waals surface area (Å²) in [5, 5.41) is 0. The molecule has 2 aromatic carbocycles. The summed E-state index contributed by atoms with van der Waals surface area (Å²) in [5.41, 5.74) is 2.21. The minimum absolute atomic E-state index is 0.00584. The lowest BCUT2D eigenvalue weighted by Crippen LogP contribution is -2.34. The number of halogens is 2. The first-order valence-corrected chi connectivity index (χ1v) is 12.7. The zero-order valence-electron chi connectivity index (χ0n) is 19.7. The van der Waals surface area contributed by atoms with E-state index in [1.165, 1.54) is 0 Å². The molecule has 0 amide bonds. The maximum absolute atomic E-state index is 12.6. The number of aryl methyl sites for hydroxylation is 2. The summed E-state index contributed by atoms with van der Waals surface area (Å²) in [4.78, 5) is 1.90. The van der Waals surface area contributed by atoms with E-state index in [0.717, 1.165) is 35.5 Å². The van der Waals surface area contributed by atoms with Crippen LogP contribution in [0.15, 0.2) is 48.5 Å². The normalized spacial score (nSPS) is 14.1. The highest BCUT2D eigenvalue weighted by Crippen LogP contribution is 2.49. The fourth-order valence-electron chi connectivity index (χ4n) is 3.12. The number of phosphoric acid groups is 1. The Hall–Kier alpha value is -1.71. The van der Waals surface area contributed by atoms with Crippen molar-refractivity contribution in [3.05, 3.63) is 59.7 Å². The lowest BCUT2D eigenvalue weighted by atomic mass is 10.0. The molecule has 1 unspecified atom stereocenters. The maximum Gasteiger partial charge on any atom is 0.508 e. The first-order chi connectivity index (χ1) is 16.4. The standard InChI is InChI=1S/C23H32ClFNO7P/c1-26(2)16-22(30-18-32-34(27,33-25)31-14-13-24)17-29-23-10-5-4-8-20(23)12-11-19-7-6-9-21(15-19)28-3/h4-10,15,22H,11-14,16-18H2,1-3H3/t22-,34?/m0/s1. The molecule has 11 heteroatoms. The van der Waals surface area contributed by atoms with Crippen LogP contribution in [0.5, 0.6) is 11.5 Å². The molecule has 0 saturated heterocycles. The molecule has 0 saturated carbocycles. The summed E-state index contributed by atoms with van der Waals surface area (Å²) in [6, 6.07) is 15.7. The van der Waals surface area contributed by atoms with Gasteiger partial charge < -0.3 is 19.1 Å². The van der Waals surface area contributed by atoms with Crippen LogP contribution in [0.4, 0.5) is 4.53 Å². The number of phosphoric ester groups is 1. The number of hydrogen-bond donors (Lipinski definition) is 0. The smallest absolute Gasteiger partial charge is 0.497 e. The number of likely N-dealkylation sites (N-methyl/N-ethyl adjacent to an activating group) is 1. The third-order valence-electron chi connectivity index (χ3n) is 4.71. The van der Waals surface area contributed by atoms with Crippen LogP contribution in [0.25, 0.3) is 0 Å². The van der Waals surface area contributed by atoms with E-state index in [4.69, 9.17) is 30.3 Å². The van der Waals surface area contributed by atoms with Gasteiger partial charge in [-0.1, -0.05) is 35.1 Å². The summed E-state index contributed by atoms with van der Waals surface area (Å²) >= 11 is 5.45. The lowest BCUT2D eigenvalue weighted by molar-refractivity contribution is -0.104. The van der Waals surface area contributed by atoms with Gasteiger partial charge in [-0.3, -0.25) is 9.05 Å². The van der Waals surface area contributed by atoms with Crippen molar-refractivity contribution in [2.75, 3.05) is 53.6 Å². The maximum atomic E-state index is 12.6. The van der Waals surface area contributed by atoms with Crippen LogP contribution in [0.1, 0.15) is 11.1 Å². The molecule has 0 aromatic heterocycles. The van der Waals surface area contributed by atoms with Gasteiger partial charge in [0, 0.05) is 12.4 Å². The molecule has 0 radical (unpaired) electrons. The molecule has 2 atom stereocenters. The summed E-state index contributed by atoms with van der Waals surface area (Å²) in [6.45, 7) is -0.0257. The highest BCUT2D eigenvalue weighted by molar-refractivity contribution is 7.48. The van der Waals surface area contributed by atoms with E-state index in [1.54, 1.807) is 7.11 Å². The van der Waals surface area contributed by atoms with Gasteiger partial charge in [0.2, 0.25) is 0 Å². The molecule has 0 fully saturated rings. The quantitative estimate of drug-likeness (QED) is 0.163. The second kappa shape index (κ2) is 15.3. The van der Waals surface area contributed by atoms with E-state index in [1.807, 2.05) is 61.5 Å². The van der Waals surface area contributed by atoms with Gasteiger partial charge in [-0.05, 0) is 60.8 Å². The van der Waals surface area contributed by atoms with E-state index in [0.29, 0.717) is 6.54 Å². The van der Waals surface area contributed by atoms with Crippen molar-refractivity contribution in [1.82, 2.24) is 4.90 Å². The molecule has 0 aliphatic carbocycles. The molecule has 34 heavy (non-hydrogen) atoms. The Morgan fingerprint density at radius 1 is 1.09 bits per heavy atom. The van der Waals surface area contributed by atoms with Gasteiger partial charge in [0.1, 0.15) is 24.2 Å². The molecule has 0 aliphatic rings. The molecular formula is C23H32ClFNO7P. The monoisotopic (exact) mass is 519 g/mol. The van der Waals surface area contributed by atoms with Gasteiger partial charge in [-0.2, -0.15) is 0 Å². The number of hydrogen-bond acceptors (Lipinski definition) is 8. The molecule has 0 aliphatic heterocycles. The van der Waals surface area contributed by atoms with Crippen molar-refractivity contribution >= 4 is 19.4 Å². The Labute approximate surface area is 205 Å². The molecule has 0 N–H and O–H groups in total. The van der Waals surface area contributed by atoms with Crippen molar-refractivity contribution in [1.29, 1.82) is 0 Å². The number of alkyl halides is 1. The van der Waals surface area contributed by atoms with E-state index >= 15 is 0 Å². The highest BCUT2D eigenvalue weighted by atomic mass is 35.5. The Kier molecular flexibility index (Phi) is 12.9. The number of para-hydroxylation sites is 1. The zero-order valence-corrected chi connectivity index (χ0v) is 21.3. The van der Waals surface area contributed by atoms with Gasteiger partial charge in [0.25, 0.3) is 0 Å². The van der Waals surface area contributed by atoms with Crippen molar-refractivity contribution in [3.63, 3.8) is 0 Å². The molecule has 8 nitrogen and oxygen atoms in total. The summed E-state index contributed by atoms with van der Waals surface area (Å²) in [6.07, 6.45) is 1.15. The lowest BCUT2D eigenvalue weighted by Gasteiger charge is -2.23. The minimum Gasteiger partial charge on any atom is -0.497 e. The molecule has 0 heterocycles. The van der Waals surface area contributed by atoms with E-state index < -0.39 is 20.7 Å². The predicted molar refractivity (Wildman–Crippen MR) is 128 cm³/mol. The fourth-order valence-corrected chi connectivity index (χ4v) is 3.96. The molecule has 0 spiro atoms. The molecule has 2 aromatic rings. The van der Waals surface area contributed by atoms with Crippen molar-refractivity contribution < 1.29 is 37.1 Å². The van der Waals surface area contributed by atoms with Gasteiger partial charge in [0.05, 0.1) is 13.7 Å². The number of ether oxygens (including phenoxy) is 3. The van der Waals surface area contributed by atoms with E-state index in [2.05, 4.69) is 15.3 Å². The molecule has 190 valence electrons. The summed E-state index contributed by atoms with van der Waals surface area (Å²) < 4.78 is 54.4. The molecular weight excluding hydrogens is 488 g/mol. The highest BCUT2D eigenvalue weighted by Gasteiger charge is 2.28. The van der Waals surface area contributed by atoms with Gasteiger partial charge in [-0.25, -0.2) is 4.57 Å². The topological polar surface area (TPSA) is 75.7 Å². The predicted octanol–water partition coefficient (Wildman–Crippen LogP) is 5.04. The third-order valence-corrected chi connectivity index (χ3v) is 5.95. The van der Waals surface area contributed by atoms with Gasteiger partial charge in [-0.15, -0.1) is 11.6 Å². The van der Waals surface area contributed by atoms with Crippen LogP contribution < -0.4 is 9.47 Å². The van der Waals surface area contributed by atoms with Crippen LogP contribution in [0, 0.1) is 0 Å². The fraction of sp³-hybridized carbons (Fsp3) is 0.478. The number of rotatable bonds is 17. The van der Waals surface area contributed by atoms with E-state index in [-0.39, 0.29) is 19.1 Å². The minimum atomic E-state index is -4.38. The van der Waals surface area contributed by atoms with Crippen LogP contribution in [0.3, 0.4) is 0 Å². The summed E-state index contributed by atoms with van der Waals surface area (Å²) in [5.74, 6) is 1.57. The Balaban J connectivity index is 1.94.